The zero-order valence-electron chi connectivity index (χ0n) is 15.2. The lowest BCUT2D eigenvalue weighted by molar-refractivity contribution is -0.132. The minimum Gasteiger partial charge on any atom is -0.497 e. The molecular formula is C21H24FNO3. The molecule has 26 heavy (non-hydrogen) atoms. The molecule has 3 rings (SSSR count). The highest BCUT2D eigenvalue weighted by atomic mass is 19.1. The second kappa shape index (κ2) is 8.21. The molecule has 0 aliphatic carbocycles. The maximum absolute atomic E-state index is 13.2. The number of carbonyl (C=O) groups excluding carboxylic acids is 1. The van der Waals surface area contributed by atoms with Crippen molar-refractivity contribution in [1.82, 2.24) is 4.90 Å². The van der Waals surface area contributed by atoms with Gasteiger partial charge in [0.1, 0.15) is 17.3 Å². The quantitative estimate of drug-likeness (QED) is 0.780. The van der Waals surface area contributed by atoms with Crippen LogP contribution >= 0.6 is 0 Å². The Labute approximate surface area is 153 Å². The summed E-state index contributed by atoms with van der Waals surface area (Å²) in [7, 11) is 3.22. The average molecular weight is 357 g/mol. The van der Waals surface area contributed by atoms with E-state index < -0.39 is 0 Å². The normalized spacial score (nSPS) is 16.6. The molecule has 0 spiro atoms. The zero-order chi connectivity index (χ0) is 18.5. The number of aryl methyl sites for hydroxylation is 1. The lowest BCUT2D eigenvalue weighted by atomic mass is 10.0. The zero-order valence-corrected chi connectivity index (χ0v) is 15.2. The van der Waals surface area contributed by atoms with Gasteiger partial charge in [0, 0.05) is 19.0 Å². The molecule has 1 aliphatic rings. The van der Waals surface area contributed by atoms with Crippen molar-refractivity contribution in [2.45, 2.75) is 31.7 Å². The van der Waals surface area contributed by atoms with Crippen LogP contribution in [0.25, 0.3) is 0 Å². The molecule has 1 aliphatic heterocycles. The van der Waals surface area contributed by atoms with E-state index in [9.17, 15) is 9.18 Å². The van der Waals surface area contributed by atoms with E-state index >= 15 is 0 Å². The summed E-state index contributed by atoms with van der Waals surface area (Å²) in [6.07, 6.45) is 2.94. The van der Waals surface area contributed by atoms with Crippen LogP contribution in [0.5, 0.6) is 11.5 Å². The summed E-state index contributed by atoms with van der Waals surface area (Å²) < 4.78 is 23.7. The molecule has 1 amide bonds. The fourth-order valence-electron chi connectivity index (χ4n) is 3.50. The molecule has 1 fully saturated rings. The minimum absolute atomic E-state index is 0.0444. The number of hydrogen-bond donors (Lipinski definition) is 0. The Balaban J connectivity index is 1.66. The highest BCUT2D eigenvalue weighted by molar-refractivity contribution is 5.77. The first-order valence-corrected chi connectivity index (χ1v) is 8.87. The minimum atomic E-state index is -0.253. The molecule has 0 aromatic heterocycles. The first kappa shape index (κ1) is 18.2. The molecule has 0 N–H and O–H groups in total. The molecule has 1 atom stereocenters. The number of benzene rings is 2. The standard InChI is InChI=1S/C21H24FNO3/c1-25-18-12-15(13-19(14-18)26-2)5-10-21(24)23-11-3-4-20(23)16-6-8-17(22)9-7-16/h6-9,12-14,20H,3-5,10-11H2,1-2H3/t20-/m1/s1. The SMILES string of the molecule is COc1cc(CCC(=O)N2CCC[C@@H]2c2ccc(F)cc2)cc(OC)c1. The number of amides is 1. The maximum Gasteiger partial charge on any atom is 0.223 e. The van der Waals surface area contributed by atoms with Crippen LogP contribution < -0.4 is 9.47 Å². The van der Waals surface area contributed by atoms with Crippen LogP contribution in [0.15, 0.2) is 42.5 Å². The second-order valence-corrected chi connectivity index (χ2v) is 6.52. The van der Waals surface area contributed by atoms with Crippen molar-refractivity contribution in [2.24, 2.45) is 0 Å². The van der Waals surface area contributed by atoms with Gasteiger partial charge >= 0.3 is 0 Å². The molecule has 1 saturated heterocycles. The number of nitrogens with zero attached hydrogens (tertiary/aromatic N) is 1. The molecule has 0 radical (unpaired) electrons. The fourth-order valence-corrected chi connectivity index (χ4v) is 3.50. The van der Waals surface area contributed by atoms with Crippen LogP contribution in [0, 0.1) is 5.82 Å². The number of carbonyl (C=O) groups is 1. The highest BCUT2D eigenvalue weighted by Crippen LogP contribution is 2.33. The summed E-state index contributed by atoms with van der Waals surface area (Å²) in [5, 5.41) is 0. The van der Waals surface area contributed by atoms with E-state index in [-0.39, 0.29) is 17.8 Å². The van der Waals surface area contributed by atoms with Crippen molar-refractivity contribution in [3.63, 3.8) is 0 Å². The van der Waals surface area contributed by atoms with E-state index in [4.69, 9.17) is 9.47 Å². The molecule has 2 aromatic rings. The third-order valence-electron chi connectivity index (χ3n) is 4.87. The lowest BCUT2D eigenvalue weighted by Gasteiger charge is -2.25. The van der Waals surface area contributed by atoms with E-state index in [2.05, 4.69) is 0 Å². The van der Waals surface area contributed by atoms with Gasteiger partial charge in [0.2, 0.25) is 5.91 Å². The predicted octanol–water partition coefficient (Wildman–Crippen LogP) is 4.14. The van der Waals surface area contributed by atoms with Crippen LogP contribution in [0.2, 0.25) is 0 Å². The van der Waals surface area contributed by atoms with E-state index in [0.29, 0.717) is 12.8 Å². The summed E-state index contributed by atoms with van der Waals surface area (Å²) in [6, 6.07) is 12.2. The molecule has 1 heterocycles. The van der Waals surface area contributed by atoms with Crippen molar-refractivity contribution in [1.29, 1.82) is 0 Å². The van der Waals surface area contributed by atoms with Crippen molar-refractivity contribution in [3.8, 4) is 11.5 Å². The van der Waals surface area contributed by atoms with Crippen LogP contribution in [-0.4, -0.2) is 31.6 Å². The molecule has 2 aromatic carbocycles. The van der Waals surface area contributed by atoms with Gasteiger partial charge in [0.25, 0.3) is 0 Å². The van der Waals surface area contributed by atoms with Gasteiger partial charge in [-0.1, -0.05) is 12.1 Å². The van der Waals surface area contributed by atoms with Crippen molar-refractivity contribution in [3.05, 3.63) is 59.4 Å². The Morgan fingerprint density at radius 3 is 2.38 bits per heavy atom. The summed E-state index contributed by atoms with van der Waals surface area (Å²) in [6.45, 7) is 0.752. The van der Waals surface area contributed by atoms with Gasteiger partial charge in [-0.2, -0.15) is 0 Å². The molecule has 5 heteroatoms. The largest absolute Gasteiger partial charge is 0.497 e. The van der Waals surface area contributed by atoms with E-state index in [1.54, 1.807) is 26.4 Å². The van der Waals surface area contributed by atoms with Gasteiger partial charge in [-0.15, -0.1) is 0 Å². The maximum atomic E-state index is 13.2. The van der Waals surface area contributed by atoms with Gasteiger partial charge < -0.3 is 14.4 Å². The number of likely N-dealkylation sites (tertiary alicyclic amines) is 1. The van der Waals surface area contributed by atoms with E-state index in [1.807, 2.05) is 23.1 Å². The number of hydrogen-bond acceptors (Lipinski definition) is 3. The second-order valence-electron chi connectivity index (χ2n) is 6.52. The molecule has 0 saturated carbocycles. The Hall–Kier alpha value is -2.56. The van der Waals surface area contributed by atoms with E-state index in [0.717, 1.165) is 42.0 Å². The van der Waals surface area contributed by atoms with Gasteiger partial charge in [-0.05, 0) is 54.7 Å². The molecule has 138 valence electrons. The molecular weight excluding hydrogens is 333 g/mol. The Morgan fingerprint density at radius 2 is 1.77 bits per heavy atom. The van der Waals surface area contributed by atoms with E-state index in [1.165, 1.54) is 12.1 Å². The number of rotatable bonds is 6. The molecule has 0 unspecified atom stereocenters. The van der Waals surface area contributed by atoms with Crippen LogP contribution in [-0.2, 0) is 11.2 Å². The van der Waals surface area contributed by atoms with Crippen LogP contribution in [0.3, 0.4) is 0 Å². The van der Waals surface area contributed by atoms with Gasteiger partial charge in [-0.25, -0.2) is 4.39 Å². The summed E-state index contributed by atoms with van der Waals surface area (Å²) >= 11 is 0. The third kappa shape index (κ3) is 4.15. The number of halogens is 1. The monoisotopic (exact) mass is 357 g/mol. The number of ether oxygens (including phenoxy) is 2. The molecule has 0 bridgehead atoms. The average Bonchev–Trinajstić information content (AvgIpc) is 3.16. The third-order valence-corrected chi connectivity index (χ3v) is 4.87. The van der Waals surface area contributed by atoms with Crippen molar-refractivity contribution >= 4 is 5.91 Å². The molecule has 4 nitrogen and oxygen atoms in total. The van der Waals surface area contributed by atoms with Crippen LogP contribution in [0.1, 0.15) is 36.4 Å². The summed E-state index contributed by atoms with van der Waals surface area (Å²) in [5.74, 6) is 1.31. The first-order chi connectivity index (χ1) is 12.6. The Bertz CT molecular complexity index is 738. The number of methoxy groups -OCH3 is 2. The summed E-state index contributed by atoms with van der Waals surface area (Å²) in [5.41, 5.74) is 2.01. The lowest BCUT2D eigenvalue weighted by Crippen LogP contribution is -2.30. The van der Waals surface area contributed by atoms with Crippen molar-refractivity contribution in [2.75, 3.05) is 20.8 Å². The van der Waals surface area contributed by atoms with Crippen LogP contribution in [0.4, 0.5) is 4.39 Å². The fraction of sp³-hybridized carbons (Fsp3) is 0.381. The summed E-state index contributed by atoms with van der Waals surface area (Å²) in [4.78, 5) is 14.7. The first-order valence-electron chi connectivity index (χ1n) is 8.87. The smallest absolute Gasteiger partial charge is 0.223 e. The van der Waals surface area contributed by atoms with Gasteiger partial charge in [-0.3, -0.25) is 4.79 Å². The van der Waals surface area contributed by atoms with Crippen molar-refractivity contribution < 1.29 is 18.7 Å². The Morgan fingerprint density at radius 1 is 1.12 bits per heavy atom. The highest BCUT2D eigenvalue weighted by Gasteiger charge is 2.29. The Kier molecular flexibility index (Phi) is 5.76. The van der Waals surface area contributed by atoms with Gasteiger partial charge in [0.05, 0.1) is 20.3 Å². The van der Waals surface area contributed by atoms with Gasteiger partial charge in [0.15, 0.2) is 0 Å². The predicted molar refractivity (Wildman–Crippen MR) is 98.0 cm³/mol. The topological polar surface area (TPSA) is 38.8 Å².